The third-order valence-corrected chi connectivity index (χ3v) is 3.20. The van der Waals surface area contributed by atoms with Crippen LogP contribution in [0.5, 0.6) is 11.5 Å². The molecule has 1 N–H and O–H groups in total. The monoisotopic (exact) mass is 327 g/mol. The molecule has 5 heteroatoms. The summed E-state index contributed by atoms with van der Waals surface area (Å²) in [5, 5.41) is 2.97. The Hall–Kier alpha value is -2.40. The van der Waals surface area contributed by atoms with Gasteiger partial charge in [0.25, 0.3) is 0 Å². The van der Waals surface area contributed by atoms with Gasteiger partial charge in [-0.15, -0.1) is 0 Å². The normalized spacial score (nSPS) is 11.4. The summed E-state index contributed by atoms with van der Waals surface area (Å²) >= 11 is 0. The van der Waals surface area contributed by atoms with Gasteiger partial charge < -0.3 is 10.1 Å². The number of carbonyl (C=O) groups is 1. The minimum atomic E-state index is -0.223. The number of ether oxygens (including phenoxy) is 1. The van der Waals surface area contributed by atoms with Crippen LogP contribution in [0.2, 0.25) is 0 Å². The number of para-hydroxylation sites is 1. The van der Waals surface area contributed by atoms with Crippen molar-refractivity contribution in [1.29, 1.82) is 0 Å². The van der Waals surface area contributed by atoms with Gasteiger partial charge in [-0.3, -0.25) is 14.7 Å². The zero-order chi connectivity index (χ0) is 17.6. The van der Waals surface area contributed by atoms with E-state index < -0.39 is 0 Å². The number of pyridine rings is 1. The molecule has 0 radical (unpaired) electrons. The second-order valence-electron chi connectivity index (χ2n) is 6.87. The molecule has 0 aliphatic rings. The molecule has 0 aliphatic carbocycles. The van der Waals surface area contributed by atoms with Crippen molar-refractivity contribution in [2.24, 2.45) is 0 Å². The van der Waals surface area contributed by atoms with Crippen LogP contribution in [0.3, 0.4) is 0 Å². The fourth-order valence-electron chi connectivity index (χ4n) is 2.32. The highest BCUT2D eigenvalue weighted by molar-refractivity contribution is 5.78. The molecule has 1 aromatic carbocycles. The molecule has 2 rings (SSSR count). The molecule has 0 atom stereocenters. The molecule has 0 saturated carbocycles. The first-order chi connectivity index (χ1) is 11.3. The molecule has 0 fully saturated rings. The smallest absolute Gasteiger partial charge is 0.234 e. The number of benzene rings is 1. The molecule has 0 saturated heterocycles. The number of aromatic nitrogens is 1. The number of nitrogens with one attached hydrogen (secondary N) is 1. The number of hydrogen-bond acceptors (Lipinski definition) is 4. The maximum atomic E-state index is 12.0. The first kappa shape index (κ1) is 17.9. The van der Waals surface area contributed by atoms with E-state index in [1.807, 2.05) is 69.1 Å². The first-order valence-corrected chi connectivity index (χ1v) is 7.99. The summed E-state index contributed by atoms with van der Waals surface area (Å²) in [5.74, 6) is 1.47. The van der Waals surface area contributed by atoms with Crippen molar-refractivity contribution in [1.82, 2.24) is 15.2 Å². The Morgan fingerprint density at radius 2 is 1.96 bits per heavy atom. The van der Waals surface area contributed by atoms with Gasteiger partial charge in [0.15, 0.2) is 0 Å². The molecule has 0 aliphatic heterocycles. The van der Waals surface area contributed by atoms with Gasteiger partial charge in [0, 0.05) is 23.8 Å². The molecule has 0 spiro atoms. The van der Waals surface area contributed by atoms with Gasteiger partial charge in [-0.05, 0) is 46.0 Å². The summed E-state index contributed by atoms with van der Waals surface area (Å²) in [6.07, 6.45) is 3.39. The third-order valence-electron chi connectivity index (χ3n) is 3.20. The molecule has 1 amide bonds. The Labute approximate surface area is 143 Å². The van der Waals surface area contributed by atoms with E-state index in [2.05, 4.69) is 10.3 Å². The van der Waals surface area contributed by atoms with Crippen molar-refractivity contribution in [2.45, 2.75) is 32.9 Å². The lowest BCUT2D eigenvalue weighted by molar-refractivity contribution is -0.123. The summed E-state index contributed by atoms with van der Waals surface area (Å²) in [6, 6.07) is 11.5. The molecule has 5 nitrogen and oxygen atoms in total. The van der Waals surface area contributed by atoms with Crippen molar-refractivity contribution < 1.29 is 9.53 Å². The quantitative estimate of drug-likeness (QED) is 0.885. The molecule has 24 heavy (non-hydrogen) atoms. The second-order valence-corrected chi connectivity index (χ2v) is 6.87. The zero-order valence-corrected chi connectivity index (χ0v) is 14.7. The minimum absolute atomic E-state index is 0.00987. The zero-order valence-electron chi connectivity index (χ0n) is 14.7. The van der Waals surface area contributed by atoms with Crippen LogP contribution in [0.25, 0.3) is 0 Å². The van der Waals surface area contributed by atoms with Crippen LogP contribution in [-0.4, -0.2) is 34.9 Å². The minimum Gasteiger partial charge on any atom is -0.455 e. The maximum absolute atomic E-state index is 12.0. The van der Waals surface area contributed by atoms with Gasteiger partial charge in [0.1, 0.15) is 11.5 Å². The summed E-state index contributed by atoms with van der Waals surface area (Å²) < 4.78 is 5.91. The Bertz CT molecular complexity index is 666. The Kier molecular flexibility index (Phi) is 5.93. The van der Waals surface area contributed by atoms with E-state index in [-0.39, 0.29) is 11.4 Å². The largest absolute Gasteiger partial charge is 0.455 e. The molecular weight excluding hydrogens is 302 g/mol. The number of hydrogen-bond donors (Lipinski definition) is 1. The summed E-state index contributed by atoms with van der Waals surface area (Å²) in [4.78, 5) is 18.1. The van der Waals surface area contributed by atoms with Crippen molar-refractivity contribution in [2.75, 3.05) is 13.6 Å². The van der Waals surface area contributed by atoms with Gasteiger partial charge in [-0.1, -0.05) is 18.2 Å². The SMILES string of the molecule is CN(CC(=O)NC(C)(C)C)Cc1ccccc1Oc1cccnc1. The van der Waals surface area contributed by atoms with Crippen LogP contribution < -0.4 is 10.1 Å². The topological polar surface area (TPSA) is 54.5 Å². The molecular formula is C19H25N3O2. The van der Waals surface area contributed by atoms with Gasteiger partial charge in [0.2, 0.25) is 5.91 Å². The summed E-state index contributed by atoms with van der Waals surface area (Å²) in [7, 11) is 1.92. The van der Waals surface area contributed by atoms with E-state index >= 15 is 0 Å². The number of rotatable bonds is 6. The van der Waals surface area contributed by atoms with Crippen molar-refractivity contribution in [3.8, 4) is 11.5 Å². The average molecular weight is 327 g/mol. The van der Waals surface area contributed by atoms with Crippen LogP contribution in [0.4, 0.5) is 0 Å². The van der Waals surface area contributed by atoms with Gasteiger partial charge in [-0.2, -0.15) is 0 Å². The number of carbonyl (C=O) groups excluding carboxylic acids is 1. The van der Waals surface area contributed by atoms with Crippen molar-refractivity contribution in [3.63, 3.8) is 0 Å². The fourth-order valence-corrected chi connectivity index (χ4v) is 2.32. The highest BCUT2D eigenvalue weighted by Crippen LogP contribution is 2.25. The molecule has 0 unspecified atom stereocenters. The van der Waals surface area contributed by atoms with E-state index in [4.69, 9.17) is 4.74 Å². The summed E-state index contributed by atoms with van der Waals surface area (Å²) in [6.45, 7) is 6.87. The second kappa shape index (κ2) is 7.93. The van der Waals surface area contributed by atoms with Crippen LogP contribution in [-0.2, 0) is 11.3 Å². The molecule has 1 heterocycles. The van der Waals surface area contributed by atoms with E-state index in [1.165, 1.54) is 0 Å². The molecule has 128 valence electrons. The van der Waals surface area contributed by atoms with Crippen LogP contribution in [0.1, 0.15) is 26.3 Å². The maximum Gasteiger partial charge on any atom is 0.234 e. The predicted octanol–water partition coefficient (Wildman–Crippen LogP) is 3.22. The van der Waals surface area contributed by atoms with E-state index in [9.17, 15) is 4.79 Å². The van der Waals surface area contributed by atoms with Gasteiger partial charge in [-0.25, -0.2) is 0 Å². The van der Waals surface area contributed by atoms with Crippen LogP contribution in [0, 0.1) is 0 Å². The molecule has 2 aromatic rings. The van der Waals surface area contributed by atoms with Crippen molar-refractivity contribution >= 4 is 5.91 Å². The van der Waals surface area contributed by atoms with Gasteiger partial charge >= 0.3 is 0 Å². The van der Waals surface area contributed by atoms with Gasteiger partial charge in [0.05, 0.1) is 12.7 Å². The number of nitrogens with zero attached hydrogens (tertiary/aromatic N) is 2. The number of amides is 1. The van der Waals surface area contributed by atoms with E-state index in [0.717, 1.165) is 11.3 Å². The molecule has 1 aromatic heterocycles. The first-order valence-electron chi connectivity index (χ1n) is 7.99. The highest BCUT2D eigenvalue weighted by Gasteiger charge is 2.16. The number of likely N-dealkylation sites (N-methyl/N-ethyl adjacent to an activating group) is 1. The van der Waals surface area contributed by atoms with Crippen molar-refractivity contribution in [3.05, 3.63) is 54.4 Å². The lowest BCUT2D eigenvalue weighted by atomic mass is 10.1. The van der Waals surface area contributed by atoms with Crippen LogP contribution in [0.15, 0.2) is 48.8 Å². The Morgan fingerprint density at radius 3 is 2.62 bits per heavy atom. The van der Waals surface area contributed by atoms with E-state index in [0.29, 0.717) is 18.8 Å². The third kappa shape index (κ3) is 6.01. The average Bonchev–Trinajstić information content (AvgIpc) is 2.48. The standard InChI is InChI=1S/C19H25N3O2/c1-19(2,3)21-18(23)14-22(4)13-15-8-5-6-10-17(15)24-16-9-7-11-20-12-16/h5-12H,13-14H2,1-4H3,(H,21,23). The van der Waals surface area contributed by atoms with Crippen LogP contribution >= 0.6 is 0 Å². The summed E-state index contributed by atoms with van der Waals surface area (Å²) in [5.41, 5.74) is 0.798. The Morgan fingerprint density at radius 1 is 1.21 bits per heavy atom. The lowest BCUT2D eigenvalue weighted by Crippen LogP contribution is -2.45. The highest BCUT2D eigenvalue weighted by atomic mass is 16.5. The predicted molar refractivity (Wildman–Crippen MR) is 95.0 cm³/mol. The van der Waals surface area contributed by atoms with E-state index in [1.54, 1.807) is 12.4 Å². The Balaban J connectivity index is 2.00. The fraction of sp³-hybridized carbons (Fsp3) is 0.368. The lowest BCUT2D eigenvalue weighted by Gasteiger charge is -2.23. The molecule has 0 bridgehead atoms.